The Bertz CT molecular complexity index is 439. The molecule has 0 aromatic carbocycles. The van der Waals surface area contributed by atoms with Crippen molar-refractivity contribution in [2.45, 2.75) is 95.9 Å². The predicted molar refractivity (Wildman–Crippen MR) is 107 cm³/mol. The third kappa shape index (κ3) is 15.8. The van der Waals surface area contributed by atoms with E-state index in [2.05, 4.69) is 0 Å². The summed E-state index contributed by atoms with van der Waals surface area (Å²) in [6.07, 6.45) is 0.125. The Morgan fingerprint density at radius 3 is 0.571 bits per heavy atom. The Hall–Kier alpha value is -0.0732. The van der Waals surface area contributed by atoms with Crippen LogP contribution in [0.15, 0.2) is 0 Å². The van der Waals surface area contributed by atoms with E-state index in [9.17, 15) is 19.2 Å². The summed E-state index contributed by atoms with van der Waals surface area (Å²) in [7, 11) is 0. The maximum atomic E-state index is 11.5. The van der Waals surface area contributed by atoms with Gasteiger partial charge in [-0.25, -0.2) is 0 Å². The fourth-order valence-electron chi connectivity index (χ4n) is 1.35. The second kappa shape index (κ2) is 12.6. The van der Waals surface area contributed by atoms with Crippen LogP contribution < -0.4 is 0 Å². The van der Waals surface area contributed by atoms with Crippen LogP contribution in [0.1, 0.15) is 95.9 Å². The van der Waals surface area contributed by atoms with E-state index >= 15 is 0 Å². The van der Waals surface area contributed by atoms with Gasteiger partial charge in [0.15, 0.2) is 0 Å². The van der Waals surface area contributed by atoms with E-state index in [1.54, 1.807) is 0 Å². The molecule has 0 N–H and O–H groups in total. The number of ketones is 4. The second-order valence-corrected chi connectivity index (χ2v) is 11.0. The van der Waals surface area contributed by atoms with Gasteiger partial charge < -0.3 is 0 Å². The summed E-state index contributed by atoms with van der Waals surface area (Å²) in [6.45, 7) is 22.1. The van der Waals surface area contributed by atoms with Crippen molar-refractivity contribution in [1.29, 1.82) is 0 Å². The first kappa shape index (κ1) is 35.4. The van der Waals surface area contributed by atoms with E-state index < -0.39 is 21.7 Å². The summed E-state index contributed by atoms with van der Waals surface area (Å²) in [5.74, 6) is 0.0831. The van der Waals surface area contributed by atoms with Crippen LogP contribution in [0, 0.1) is 21.7 Å². The van der Waals surface area contributed by atoms with Crippen molar-refractivity contribution in [3.63, 3.8) is 0 Å². The average Bonchev–Trinajstić information content (AvgIpc) is 2.34. The molecule has 0 fully saturated rings. The van der Waals surface area contributed by atoms with Gasteiger partial charge in [-0.3, -0.25) is 19.2 Å². The number of Topliss-reactive ketones (excluding diaryl/α,β-unsaturated/α-hetero) is 4. The van der Waals surface area contributed by atoms with Crippen LogP contribution in [0.3, 0.4) is 0 Å². The zero-order valence-corrected chi connectivity index (χ0v) is 26.4. The zero-order chi connectivity index (χ0) is 21.7. The third-order valence-corrected chi connectivity index (χ3v) is 3.99. The monoisotopic (exact) mass is 496 g/mol. The largest absolute Gasteiger partial charge is 2.00 e. The maximum absolute atomic E-state index is 11.5. The topological polar surface area (TPSA) is 68.3 Å². The van der Waals surface area contributed by atoms with E-state index in [0.717, 1.165) is 0 Å². The molecule has 0 bridgehead atoms. The van der Waals surface area contributed by atoms with E-state index in [0.29, 0.717) is 0 Å². The van der Waals surface area contributed by atoms with Crippen LogP contribution in [-0.4, -0.2) is 23.1 Å². The molecule has 0 aliphatic heterocycles. The summed E-state index contributed by atoms with van der Waals surface area (Å²) in [5, 5.41) is 0. The van der Waals surface area contributed by atoms with Crippen molar-refractivity contribution >= 4 is 23.1 Å². The maximum Gasteiger partial charge on any atom is 2.00 e. The summed E-state index contributed by atoms with van der Waals surface area (Å²) >= 11 is 0. The van der Waals surface area contributed by atoms with Gasteiger partial charge in [0.2, 0.25) is 0 Å². The van der Waals surface area contributed by atoms with E-state index in [4.69, 9.17) is 0 Å². The van der Waals surface area contributed by atoms with Crippen molar-refractivity contribution in [2.24, 2.45) is 21.7 Å². The molecule has 0 heterocycles. The summed E-state index contributed by atoms with van der Waals surface area (Å²) in [4.78, 5) is 46.0. The van der Waals surface area contributed by atoms with Crippen molar-refractivity contribution in [2.75, 3.05) is 0 Å². The molecule has 0 rings (SSSR count). The predicted octanol–water partition coefficient (Wildman–Crippen LogP) is 5.21. The molecule has 6 heteroatoms. The molecule has 0 spiro atoms. The van der Waals surface area contributed by atoms with E-state index in [1.165, 1.54) is 0 Å². The normalized spacial score (nSPS) is 11.9. The minimum Gasteiger partial charge on any atom is -0.299 e. The van der Waals surface area contributed by atoms with Gasteiger partial charge >= 0.3 is 39.0 Å². The van der Waals surface area contributed by atoms with Crippen LogP contribution in [-0.2, 0) is 58.1 Å². The fraction of sp³-hybridized carbons (Fsp3) is 0.818. The average molecular weight is 499 g/mol. The molecule has 4 nitrogen and oxygen atoms in total. The summed E-state index contributed by atoms with van der Waals surface area (Å²) in [6, 6.07) is 0. The molecule has 0 saturated carbocycles. The minimum atomic E-state index is -0.402. The molecule has 0 atom stereocenters. The summed E-state index contributed by atoms with van der Waals surface area (Å²) < 4.78 is 0. The Morgan fingerprint density at radius 2 is 0.500 bits per heavy atom. The van der Waals surface area contributed by atoms with Crippen LogP contribution in [0.5, 0.6) is 0 Å². The van der Waals surface area contributed by atoms with E-state index in [-0.39, 0.29) is 74.9 Å². The van der Waals surface area contributed by atoms with Gasteiger partial charge in [0.05, 0.1) is 12.8 Å². The van der Waals surface area contributed by atoms with Crippen LogP contribution in [0.4, 0.5) is 0 Å². The molecule has 28 heavy (non-hydrogen) atoms. The molecule has 0 saturated heterocycles. The fourth-order valence-corrected chi connectivity index (χ4v) is 1.35. The molecule has 0 amide bonds. The number of hydrogen-bond acceptors (Lipinski definition) is 4. The van der Waals surface area contributed by atoms with E-state index in [1.807, 2.05) is 83.1 Å². The SMILES string of the molecule is CC(C)(C)C(=O)CC(=O)C(C)(C)C.CC(C)(C)C(=O)CC(=O)C(C)(C)C.[Zn+2].[Zn+2]. The Balaban J connectivity index is -0.000000192. The Morgan fingerprint density at radius 1 is 0.393 bits per heavy atom. The minimum absolute atomic E-state index is 0. The van der Waals surface area contributed by atoms with Gasteiger partial charge in [-0.1, -0.05) is 83.1 Å². The first-order valence-corrected chi connectivity index (χ1v) is 9.23. The first-order chi connectivity index (χ1) is 11.1. The van der Waals surface area contributed by atoms with Crippen molar-refractivity contribution < 1.29 is 58.1 Å². The molecule has 0 aromatic heterocycles. The molecular formula is C22H40O4Zn2+4. The molecule has 0 aliphatic rings. The number of hydrogen-bond donors (Lipinski definition) is 0. The standard InChI is InChI=1S/2C11H20O2.2Zn/c2*1-10(2,3)8(12)7-9(13)11(4,5)6;;/h2*7H2,1-6H3;;/q;;2*+2. The zero-order valence-electron chi connectivity index (χ0n) is 20.5. The Kier molecular flexibility index (Phi) is 15.9. The Labute approximate surface area is 198 Å². The van der Waals surface area contributed by atoms with Gasteiger partial charge in [-0.2, -0.15) is 0 Å². The first-order valence-electron chi connectivity index (χ1n) is 9.23. The van der Waals surface area contributed by atoms with Gasteiger partial charge in [0.25, 0.3) is 0 Å². The second-order valence-electron chi connectivity index (χ2n) is 11.0. The molecule has 0 aliphatic carbocycles. The van der Waals surface area contributed by atoms with Crippen molar-refractivity contribution in [3.05, 3.63) is 0 Å². The van der Waals surface area contributed by atoms with Crippen molar-refractivity contribution in [1.82, 2.24) is 0 Å². The number of carbonyl (C=O) groups excluding carboxylic acids is 4. The van der Waals surface area contributed by atoms with Crippen LogP contribution in [0.2, 0.25) is 0 Å². The molecular weight excluding hydrogens is 459 g/mol. The molecule has 0 unspecified atom stereocenters. The quantitative estimate of drug-likeness (QED) is 0.394. The van der Waals surface area contributed by atoms with Crippen LogP contribution >= 0.6 is 0 Å². The van der Waals surface area contributed by atoms with Crippen molar-refractivity contribution in [3.8, 4) is 0 Å². The number of carbonyl (C=O) groups is 4. The number of rotatable bonds is 4. The molecule has 0 aromatic rings. The smallest absolute Gasteiger partial charge is 0.299 e. The third-order valence-electron chi connectivity index (χ3n) is 3.99. The van der Waals surface area contributed by atoms with Gasteiger partial charge in [0.1, 0.15) is 23.1 Å². The van der Waals surface area contributed by atoms with Gasteiger partial charge in [0, 0.05) is 21.7 Å². The van der Waals surface area contributed by atoms with Gasteiger partial charge in [-0.05, 0) is 0 Å². The van der Waals surface area contributed by atoms with Crippen LogP contribution in [0.25, 0.3) is 0 Å². The van der Waals surface area contributed by atoms with Gasteiger partial charge in [-0.15, -0.1) is 0 Å². The molecule has 0 radical (unpaired) electrons. The molecule has 152 valence electrons. The summed E-state index contributed by atoms with van der Waals surface area (Å²) in [5.41, 5.74) is -1.61.